The van der Waals surface area contributed by atoms with Gasteiger partial charge in [-0.05, 0) is 36.4 Å². The summed E-state index contributed by atoms with van der Waals surface area (Å²) in [5, 5.41) is 7.61. The maximum Gasteiger partial charge on any atom is 0.387 e. The molecule has 0 radical (unpaired) electrons. The fraction of sp³-hybridized carbons (Fsp3) is 0.176. The zero-order valence-corrected chi connectivity index (χ0v) is 14.3. The van der Waals surface area contributed by atoms with Crippen molar-refractivity contribution in [2.45, 2.75) is 13.2 Å². The summed E-state index contributed by atoms with van der Waals surface area (Å²) in [6.07, 6.45) is 0. The molecule has 0 saturated heterocycles. The SMILES string of the molecule is COc1cc(-c2noc(CNc3cccc(Cl)c3)n2)ccc1OC(F)F. The molecular weight excluding hydrogens is 368 g/mol. The number of benzene rings is 2. The van der Waals surface area contributed by atoms with Crippen LogP contribution in [0.15, 0.2) is 47.0 Å². The number of hydrogen-bond acceptors (Lipinski definition) is 6. The molecule has 2 aromatic carbocycles. The molecule has 0 saturated carbocycles. The molecule has 26 heavy (non-hydrogen) atoms. The molecule has 0 amide bonds. The number of ether oxygens (including phenoxy) is 2. The second-order valence-corrected chi connectivity index (χ2v) is 5.56. The van der Waals surface area contributed by atoms with E-state index < -0.39 is 6.61 Å². The van der Waals surface area contributed by atoms with E-state index in [1.165, 1.54) is 19.2 Å². The molecule has 0 aliphatic heterocycles. The first-order chi connectivity index (χ1) is 12.5. The minimum absolute atomic E-state index is 0.0717. The Morgan fingerprint density at radius 2 is 2.04 bits per heavy atom. The molecule has 136 valence electrons. The largest absolute Gasteiger partial charge is 0.493 e. The molecule has 1 heterocycles. The number of aromatic nitrogens is 2. The standard InChI is InChI=1S/C17H14ClF2N3O3/c1-24-14-7-10(5-6-13(14)25-17(19)20)16-22-15(26-23-16)9-21-12-4-2-3-11(18)8-12/h2-8,17,21H,9H2,1H3. The van der Waals surface area contributed by atoms with Gasteiger partial charge in [-0.2, -0.15) is 13.8 Å². The van der Waals surface area contributed by atoms with Crippen LogP contribution in [0.4, 0.5) is 14.5 Å². The third-order valence-electron chi connectivity index (χ3n) is 3.37. The number of halogens is 3. The highest BCUT2D eigenvalue weighted by Crippen LogP contribution is 2.32. The Hall–Kier alpha value is -2.87. The Labute approximate surface area is 152 Å². The van der Waals surface area contributed by atoms with Crippen LogP contribution in [0.25, 0.3) is 11.4 Å². The lowest BCUT2D eigenvalue weighted by Crippen LogP contribution is -2.03. The molecule has 0 fully saturated rings. The minimum atomic E-state index is -2.94. The number of anilines is 1. The van der Waals surface area contributed by atoms with E-state index >= 15 is 0 Å². The third kappa shape index (κ3) is 4.40. The van der Waals surface area contributed by atoms with Crippen LogP contribution in [0.2, 0.25) is 5.02 Å². The van der Waals surface area contributed by atoms with Crippen molar-refractivity contribution in [3.8, 4) is 22.9 Å². The maximum atomic E-state index is 12.4. The minimum Gasteiger partial charge on any atom is -0.493 e. The first-order valence-electron chi connectivity index (χ1n) is 7.50. The van der Waals surface area contributed by atoms with Crippen molar-refractivity contribution in [2.24, 2.45) is 0 Å². The summed E-state index contributed by atoms with van der Waals surface area (Å²) in [6, 6.07) is 11.6. The topological polar surface area (TPSA) is 69.4 Å². The molecule has 0 aliphatic rings. The van der Waals surface area contributed by atoms with Crippen LogP contribution in [0.5, 0.6) is 11.5 Å². The molecule has 6 nitrogen and oxygen atoms in total. The predicted octanol–water partition coefficient (Wildman–Crippen LogP) is 4.61. The highest BCUT2D eigenvalue weighted by Gasteiger charge is 2.14. The number of nitrogens with zero attached hydrogens (tertiary/aromatic N) is 2. The Kier molecular flexibility index (Phi) is 5.52. The molecule has 1 N–H and O–H groups in total. The van der Waals surface area contributed by atoms with Crippen LogP contribution in [-0.2, 0) is 6.54 Å². The smallest absolute Gasteiger partial charge is 0.387 e. The number of hydrogen-bond donors (Lipinski definition) is 1. The summed E-state index contributed by atoms with van der Waals surface area (Å²) < 4.78 is 39.4. The summed E-state index contributed by atoms with van der Waals surface area (Å²) >= 11 is 5.92. The van der Waals surface area contributed by atoms with Gasteiger partial charge in [-0.15, -0.1) is 0 Å². The summed E-state index contributed by atoms with van der Waals surface area (Å²) in [5.74, 6) is 0.727. The molecule has 0 bridgehead atoms. The van der Waals surface area contributed by atoms with Crippen LogP contribution in [0.3, 0.4) is 0 Å². The second-order valence-electron chi connectivity index (χ2n) is 5.12. The fourth-order valence-electron chi connectivity index (χ4n) is 2.22. The van der Waals surface area contributed by atoms with Crippen molar-refractivity contribution < 1.29 is 22.8 Å². The van der Waals surface area contributed by atoms with E-state index in [0.717, 1.165) is 5.69 Å². The zero-order chi connectivity index (χ0) is 18.5. The van der Waals surface area contributed by atoms with Gasteiger partial charge in [0.05, 0.1) is 13.7 Å². The van der Waals surface area contributed by atoms with Gasteiger partial charge in [0.15, 0.2) is 11.5 Å². The zero-order valence-electron chi connectivity index (χ0n) is 13.6. The van der Waals surface area contributed by atoms with Crippen LogP contribution >= 0.6 is 11.6 Å². The van der Waals surface area contributed by atoms with Crippen LogP contribution < -0.4 is 14.8 Å². The Balaban J connectivity index is 1.72. The average molecular weight is 382 g/mol. The van der Waals surface area contributed by atoms with E-state index in [9.17, 15) is 8.78 Å². The summed E-state index contributed by atoms with van der Waals surface area (Å²) in [4.78, 5) is 4.27. The van der Waals surface area contributed by atoms with Gasteiger partial charge < -0.3 is 19.3 Å². The van der Waals surface area contributed by atoms with Crippen molar-refractivity contribution in [2.75, 3.05) is 12.4 Å². The van der Waals surface area contributed by atoms with Crippen molar-refractivity contribution in [3.63, 3.8) is 0 Å². The molecule has 9 heteroatoms. The van der Waals surface area contributed by atoms with E-state index in [1.807, 2.05) is 12.1 Å². The molecule has 1 aromatic heterocycles. The van der Waals surface area contributed by atoms with E-state index in [2.05, 4.69) is 20.2 Å². The molecule has 0 aliphatic carbocycles. The van der Waals surface area contributed by atoms with Crippen molar-refractivity contribution in [3.05, 3.63) is 53.4 Å². The maximum absolute atomic E-state index is 12.4. The highest BCUT2D eigenvalue weighted by atomic mass is 35.5. The van der Waals surface area contributed by atoms with Gasteiger partial charge in [0.2, 0.25) is 11.7 Å². The van der Waals surface area contributed by atoms with E-state index in [4.69, 9.17) is 20.9 Å². The van der Waals surface area contributed by atoms with Crippen LogP contribution in [0, 0.1) is 0 Å². The monoisotopic (exact) mass is 381 g/mol. The number of alkyl halides is 2. The molecule has 3 rings (SSSR count). The van der Waals surface area contributed by atoms with Crippen molar-refractivity contribution in [1.29, 1.82) is 0 Å². The third-order valence-corrected chi connectivity index (χ3v) is 3.61. The number of rotatable bonds is 7. The van der Waals surface area contributed by atoms with Gasteiger partial charge in [0, 0.05) is 16.3 Å². The Morgan fingerprint density at radius 3 is 2.77 bits per heavy atom. The van der Waals surface area contributed by atoms with Gasteiger partial charge in [0.1, 0.15) is 0 Å². The lowest BCUT2D eigenvalue weighted by atomic mass is 10.2. The quantitative estimate of drug-likeness (QED) is 0.644. The molecular formula is C17H14ClF2N3O3. The highest BCUT2D eigenvalue weighted by molar-refractivity contribution is 6.30. The first kappa shape index (κ1) is 17.9. The normalized spacial score (nSPS) is 10.8. The van der Waals surface area contributed by atoms with Gasteiger partial charge in [-0.25, -0.2) is 0 Å². The number of nitrogens with one attached hydrogen (secondary N) is 1. The van der Waals surface area contributed by atoms with E-state index in [-0.39, 0.29) is 11.5 Å². The van der Waals surface area contributed by atoms with E-state index in [0.29, 0.717) is 28.8 Å². The summed E-state index contributed by atoms with van der Waals surface area (Å²) in [6.45, 7) is -2.64. The fourth-order valence-corrected chi connectivity index (χ4v) is 2.41. The lowest BCUT2D eigenvalue weighted by Gasteiger charge is -2.10. The second kappa shape index (κ2) is 8.01. The van der Waals surface area contributed by atoms with E-state index in [1.54, 1.807) is 18.2 Å². The molecule has 3 aromatic rings. The van der Waals surface area contributed by atoms with Crippen LogP contribution in [0.1, 0.15) is 5.89 Å². The van der Waals surface area contributed by atoms with Crippen molar-refractivity contribution >= 4 is 17.3 Å². The van der Waals surface area contributed by atoms with Crippen molar-refractivity contribution in [1.82, 2.24) is 10.1 Å². The molecule has 0 atom stereocenters. The first-order valence-corrected chi connectivity index (χ1v) is 7.88. The Morgan fingerprint density at radius 1 is 1.19 bits per heavy atom. The van der Waals surface area contributed by atoms with Gasteiger partial charge >= 0.3 is 6.61 Å². The Bertz CT molecular complexity index is 889. The molecule has 0 spiro atoms. The summed E-state index contributed by atoms with van der Waals surface area (Å²) in [7, 11) is 1.36. The predicted molar refractivity (Wildman–Crippen MR) is 91.7 cm³/mol. The average Bonchev–Trinajstić information content (AvgIpc) is 3.09. The van der Waals surface area contributed by atoms with Gasteiger partial charge in [-0.1, -0.05) is 22.8 Å². The van der Waals surface area contributed by atoms with Gasteiger partial charge in [0.25, 0.3) is 0 Å². The summed E-state index contributed by atoms with van der Waals surface area (Å²) in [5.41, 5.74) is 1.36. The molecule has 0 unspecified atom stereocenters. The number of methoxy groups -OCH3 is 1. The van der Waals surface area contributed by atoms with Crippen LogP contribution in [-0.4, -0.2) is 23.9 Å². The lowest BCUT2D eigenvalue weighted by molar-refractivity contribution is -0.0512. The van der Waals surface area contributed by atoms with Gasteiger partial charge in [-0.3, -0.25) is 0 Å².